The van der Waals surface area contributed by atoms with Crippen LogP contribution in [0.2, 0.25) is 0 Å². The highest BCUT2D eigenvalue weighted by atomic mass is 32.2. The summed E-state index contributed by atoms with van der Waals surface area (Å²) >= 11 is 0. The minimum atomic E-state index is -3.37. The van der Waals surface area contributed by atoms with Crippen LogP contribution in [0.4, 0.5) is 0 Å². The molecule has 0 unspecified atom stereocenters. The van der Waals surface area contributed by atoms with Crippen LogP contribution in [0, 0.1) is 13.8 Å². The molecule has 0 bridgehead atoms. The lowest BCUT2D eigenvalue weighted by Gasteiger charge is -2.33. The molecular weight excluding hydrogens is 372 g/mol. The molecule has 28 heavy (non-hydrogen) atoms. The third kappa shape index (κ3) is 5.09. The van der Waals surface area contributed by atoms with Gasteiger partial charge in [0.05, 0.1) is 5.75 Å². The number of carbonyl (C=O) groups excluding carboxylic acids is 1. The predicted molar refractivity (Wildman–Crippen MR) is 112 cm³/mol. The van der Waals surface area contributed by atoms with Gasteiger partial charge in [0.25, 0.3) is 0 Å². The molecule has 1 heterocycles. The van der Waals surface area contributed by atoms with Crippen LogP contribution in [0.3, 0.4) is 0 Å². The Labute approximate surface area is 167 Å². The maximum Gasteiger partial charge on any atom is 0.246 e. The van der Waals surface area contributed by atoms with Crippen LogP contribution >= 0.6 is 0 Å². The van der Waals surface area contributed by atoms with E-state index in [9.17, 15) is 13.2 Å². The third-order valence-electron chi connectivity index (χ3n) is 4.97. The Kier molecular flexibility index (Phi) is 6.31. The molecule has 0 radical (unpaired) electrons. The van der Waals surface area contributed by atoms with Crippen molar-refractivity contribution < 1.29 is 13.2 Å². The van der Waals surface area contributed by atoms with Crippen molar-refractivity contribution >= 4 is 22.0 Å². The minimum Gasteiger partial charge on any atom is -0.337 e. The van der Waals surface area contributed by atoms with Crippen LogP contribution in [0.25, 0.3) is 6.08 Å². The van der Waals surface area contributed by atoms with Crippen molar-refractivity contribution in [3.8, 4) is 0 Å². The molecule has 1 fully saturated rings. The number of amides is 1. The average molecular weight is 399 g/mol. The van der Waals surface area contributed by atoms with Gasteiger partial charge >= 0.3 is 0 Å². The topological polar surface area (TPSA) is 57.7 Å². The van der Waals surface area contributed by atoms with Gasteiger partial charge in [0.1, 0.15) is 0 Å². The first-order chi connectivity index (χ1) is 13.3. The lowest BCUT2D eigenvalue weighted by atomic mass is 10.1. The van der Waals surface area contributed by atoms with Crippen molar-refractivity contribution in [1.29, 1.82) is 0 Å². The minimum absolute atomic E-state index is 0.00557. The zero-order valence-electron chi connectivity index (χ0n) is 16.3. The first-order valence-electron chi connectivity index (χ1n) is 9.41. The van der Waals surface area contributed by atoms with Crippen molar-refractivity contribution in [3.63, 3.8) is 0 Å². The van der Waals surface area contributed by atoms with Gasteiger partial charge in [0.15, 0.2) is 0 Å². The number of sulfonamides is 1. The molecule has 5 nitrogen and oxygen atoms in total. The summed E-state index contributed by atoms with van der Waals surface area (Å²) in [6.07, 6.45) is 3.40. The van der Waals surface area contributed by atoms with Gasteiger partial charge in [-0.15, -0.1) is 0 Å². The maximum absolute atomic E-state index is 12.6. The largest absolute Gasteiger partial charge is 0.337 e. The van der Waals surface area contributed by atoms with E-state index in [-0.39, 0.29) is 11.7 Å². The van der Waals surface area contributed by atoms with E-state index in [0.29, 0.717) is 26.2 Å². The summed E-state index contributed by atoms with van der Waals surface area (Å²) in [5, 5.41) is 0. The SMILES string of the molecule is Cc1ccc(C=CC(=O)N2CCN(S(=O)(=O)Cc3ccccc3)CC2)c(C)c1. The molecule has 1 amide bonds. The Morgan fingerprint density at radius 3 is 2.32 bits per heavy atom. The zero-order chi connectivity index (χ0) is 20.1. The van der Waals surface area contributed by atoms with Gasteiger partial charge < -0.3 is 4.90 Å². The van der Waals surface area contributed by atoms with E-state index in [1.54, 1.807) is 11.0 Å². The van der Waals surface area contributed by atoms with Crippen LogP contribution in [-0.2, 0) is 20.6 Å². The number of benzene rings is 2. The molecule has 148 valence electrons. The monoisotopic (exact) mass is 398 g/mol. The van der Waals surface area contributed by atoms with E-state index in [2.05, 4.69) is 6.07 Å². The quantitative estimate of drug-likeness (QED) is 0.728. The lowest BCUT2D eigenvalue weighted by Crippen LogP contribution is -2.50. The van der Waals surface area contributed by atoms with Gasteiger partial charge in [-0.1, -0.05) is 54.1 Å². The number of piperazine rings is 1. The van der Waals surface area contributed by atoms with Crippen molar-refractivity contribution in [3.05, 3.63) is 76.9 Å². The summed E-state index contributed by atoms with van der Waals surface area (Å²) < 4.78 is 26.7. The van der Waals surface area contributed by atoms with Crippen LogP contribution in [0.1, 0.15) is 22.3 Å². The van der Waals surface area contributed by atoms with Gasteiger partial charge in [0, 0.05) is 32.3 Å². The molecule has 0 saturated carbocycles. The highest BCUT2D eigenvalue weighted by Crippen LogP contribution is 2.15. The summed E-state index contributed by atoms with van der Waals surface area (Å²) in [7, 11) is -3.37. The number of aryl methyl sites for hydroxylation is 2. The summed E-state index contributed by atoms with van der Waals surface area (Å²) in [5.41, 5.74) is 4.11. The van der Waals surface area contributed by atoms with E-state index in [1.807, 2.05) is 62.4 Å². The van der Waals surface area contributed by atoms with Gasteiger partial charge in [-0.05, 0) is 36.6 Å². The fourth-order valence-electron chi connectivity index (χ4n) is 3.34. The van der Waals surface area contributed by atoms with E-state index in [1.165, 1.54) is 9.87 Å². The van der Waals surface area contributed by atoms with Gasteiger partial charge in [-0.2, -0.15) is 4.31 Å². The smallest absolute Gasteiger partial charge is 0.246 e. The summed E-state index contributed by atoms with van der Waals surface area (Å²) in [6, 6.07) is 15.3. The van der Waals surface area contributed by atoms with Crippen molar-refractivity contribution in [1.82, 2.24) is 9.21 Å². The number of rotatable bonds is 5. The molecule has 1 saturated heterocycles. The Morgan fingerprint density at radius 2 is 1.68 bits per heavy atom. The summed E-state index contributed by atoms with van der Waals surface area (Å²) in [5.74, 6) is -0.0888. The number of hydrogen-bond donors (Lipinski definition) is 0. The molecule has 0 atom stereocenters. The molecule has 1 aliphatic rings. The summed E-state index contributed by atoms with van der Waals surface area (Å²) in [6.45, 7) is 5.54. The van der Waals surface area contributed by atoms with Crippen LogP contribution in [0.15, 0.2) is 54.6 Å². The second-order valence-corrected chi connectivity index (χ2v) is 9.13. The van der Waals surface area contributed by atoms with Crippen LogP contribution < -0.4 is 0 Å². The molecule has 2 aromatic rings. The second kappa shape index (κ2) is 8.71. The van der Waals surface area contributed by atoms with Crippen LogP contribution in [-0.4, -0.2) is 49.7 Å². The second-order valence-electron chi connectivity index (χ2n) is 7.16. The molecular formula is C22H26N2O3S. The molecule has 0 aromatic heterocycles. The zero-order valence-corrected chi connectivity index (χ0v) is 17.2. The van der Waals surface area contributed by atoms with E-state index in [4.69, 9.17) is 0 Å². The Bertz CT molecular complexity index is 961. The van der Waals surface area contributed by atoms with Crippen molar-refractivity contribution in [2.75, 3.05) is 26.2 Å². The maximum atomic E-state index is 12.6. The standard InChI is InChI=1S/C22H26N2O3S/c1-18-8-9-21(19(2)16-18)10-11-22(25)23-12-14-24(15-13-23)28(26,27)17-20-6-4-3-5-7-20/h3-11,16H,12-15,17H2,1-2H3. The highest BCUT2D eigenvalue weighted by Gasteiger charge is 2.28. The van der Waals surface area contributed by atoms with Gasteiger partial charge in [-0.25, -0.2) is 8.42 Å². The summed E-state index contributed by atoms with van der Waals surface area (Å²) in [4.78, 5) is 14.2. The molecule has 2 aromatic carbocycles. The molecule has 0 N–H and O–H groups in total. The number of nitrogens with zero attached hydrogens (tertiary/aromatic N) is 2. The first kappa shape index (κ1) is 20.3. The Balaban J connectivity index is 1.57. The molecule has 3 rings (SSSR count). The average Bonchev–Trinajstić information content (AvgIpc) is 2.67. The fraction of sp³-hybridized carbons (Fsp3) is 0.318. The third-order valence-corrected chi connectivity index (χ3v) is 6.82. The number of carbonyl (C=O) groups is 1. The molecule has 6 heteroatoms. The normalized spacial score (nSPS) is 15.9. The van der Waals surface area contributed by atoms with E-state index in [0.717, 1.165) is 16.7 Å². The predicted octanol–water partition coefficient (Wildman–Crippen LogP) is 2.99. The fourth-order valence-corrected chi connectivity index (χ4v) is 4.86. The highest BCUT2D eigenvalue weighted by molar-refractivity contribution is 7.88. The molecule has 0 aliphatic carbocycles. The van der Waals surface area contributed by atoms with Crippen molar-refractivity contribution in [2.24, 2.45) is 0 Å². The molecule has 1 aliphatic heterocycles. The van der Waals surface area contributed by atoms with Gasteiger partial charge in [0.2, 0.25) is 15.9 Å². The van der Waals surface area contributed by atoms with E-state index < -0.39 is 10.0 Å². The Morgan fingerprint density at radius 1 is 1.00 bits per heavy atom. The van der Waals surface area contributed by atoms with Crippen molar-refractivity contribution in [2.45, 2.75) is 19.6 Å². The number of hydrogen-bond acceptors (Lipinski definition) is 3. The Hall–Kier alpha value is -2.44. The van der Waals surface area contributed by atoms with Crippen LogP contribution in [0.5, 0.6) is 0 Å². The van der Waals surface area contributed by atoms with Gasteiger partial charge in [-0.3, -0.25) is 4.79 Å². The first-order valence-corrected chi connectivity index (χ1v) is 11.0. The molecule has 0 spiro atoms. The lowest BCUT2D eigenvalue weighted by molar-refractivity contribution is -0.127. The van der Waals surface area contributed by atoms with E-state index >= 15 is 0 Å².